The third-order valence-corrected chi connectivity index (χ3v) is 3.82. The van der Waals surface area contributed by atoms with Gasteiger partial charge in [0.15, 0.2) is 0 Å². The van der Waals surface area contributed by atoms with Crippen molar-refractivity contribution < 1.29 is 8.42 Å². The second-order valence-electron chi connectivity index (χ2n) is 3.66. The number of sulfonamides is 1. The average Bonchev–Trinajstić information content (AvgIpc) is 2.68. The van der Waals surface area contributed by atoms with Crippen molar-refractivity contribution in [1.29, 1.82) is 0 Å². The van der Waals surface area contributed by atoms with Crippen LogP contribution >= 0.6 is 0 Å². The van der Waals surface area contributed by atoms with Crippen LogP contribution in [-0.4, -0.2) is 23.6 Å². The van der Waals surface area contributed by atoms with Gasteiger partial charge in [-0.05, 0) is 25.5 Å². The molecule has 0 atom stereocenters. The molecule has 6 nitrogen and oxygen atoms in total. The van der Waals surface area contributed by atoms with Gasteiger partial charge in [0.05, 0.1) is 17.6 Å². The second-order valence-corrected chi connectivity index (χ2v) is 5.31. The van der Waals surface area contributed by atoms with Gasteiger partial charge in [0.1, 0.15) is 4.90 Å². The molecule has 2 aromatic heterocycles. The predicted molar refractivity (Wildman–Crippen MR) is 63.1 cm³/mol. The van der Waals surface area contributed by atoms with E-state index in [0.717, 1.165) is 5.56 Å². The van der Waals surface area contributed by atoms with Crippen LogP contribution in [0.25, 0.3) is 0 Å². The summed E-state index contributed by atoms with van der Waals surface area (Å²) in [6.07, 6.45) is 4.42. The average molecular weight is 252 g/mol. The molecular formula is C10H12N4O2S. The molecule has 7 heteroatoms. The summed E-state index contributed by atoms with van der Waals surface area (Å²) in [7, 11) is -3.59. The molecule has 0 aliphatic carbocycles. The van der Waals surface area contributed by atoms with Crippen LogP contribution in [0.2, 0.25) is 0 Å². The van der Waals surface area contributed by atoms with Crippen LogP contribution in [0.1, 0.15) is 11.3 Å². The number of aromatic amines is 1. The van der Waals surface area contributed by atoms with E-state index in [4.69, 9.17) is 0 Å². The van der Waals surface area contributed by atoms with Crippen LogP contribution in [0, 0.1) is 13.8 Å². The Labute approximate surface area is 99.1 Å². The van der Waals surface area contributed by atoms with Gasteiger partial charge in [0.2, 0.25) is 0 Å². The van der Waals surface area contributed by atoms with E-state index in [1.54, 1.807) is 26.1 Å². The lowest BCUT2D eigenvalue weighted by Gasteiger charge is -2.08. The first-order chi connectivity index (χ1) is 8.00. The van der Waals surface area contributed by atoms with Crippen molar-refractivity contribution in [2.75, 3.05) is 4.72 Å². The lowest BCUT2D eigenvalue weighted by Crippen LogP contribution is -2.14. The van der Waals surface area contributed by atoms with Gasteiger partial charge >= 0.3 is 0 Å². The summed E-state index contributed by atoms with van der Waals surface area (Å²) in [5.74, 6) is 0. The Morgan fingerprint density at radius 2 is 2.06 bits per heavy atom. The number of rotatable bonds is 3. The SMILES string of the molecule is Cc1cnccc1NS(=O)(=O)c1cn[nH]c1C. The highest BCUT2D eigenvalue weighted by Gasteiger charge is 2.19. The van der Waals surface area contributed by atoms with E-state index >= 15 is 0 Å². The minimum absolute atomic E-state index is 0.147. The molecule has 2 heterocycles. The maximum Gasteiger partial charge on any atom is 0.265 e. The summed E-state index contributed by atoms with van der Waals surface area (Å²) in [5.41, 5.74) is 1.78. The van der Waals surface area contributed by atoms with Gasteiger partial charge in [-0.2, -0.15) is 5.10 Å². The van der Waals surface area contributed by atoms with Crippen molar-refractivity contribution in [3.8, 4) is 0 Å². The van der Waals surface area contributed by atoms with Gasteiger partial charge < -0.3 is 0 Å². The summed E-state index contributed by atoms with van der Waals surface area (Å²) < 4.78 is 26.6. The highest BCUT2D eigenvalue weighted by molar-refractivity contribution is 7.92. The molecule has 0 saturated heterocycles. The van der Waals surface area contributed by atoms with Gasteiger partial charge in [-0.25, -0.2) is 8.42 Å². The van der Waals surface area contributed by atoms with E-state index in [9.17, 15) is 8.42 Å². The Morgan fingerprint density at radius 3 is 2.65 bits per heavy atom. The van der Waals surface area contributed by atoms with E-state index in [2.05, 4.69) is 19.9 Å². The number of H-pyrrole nitrogens is 1. The lowest BCUT2D eigenvalue weighted by atomic mass is 10.3. The first kappa shape index (κ1) is 11.6. The molecule has 0 amide bonds. The minimum Gasteiger partial charge on any atom is -0.281 e. The van der Waals surface area contributed by atoms with E-state index in [1.165, 1.54) is 12.4 Å². The molecule has 0 radical (unpaired) electrons. The molecule has 0 aliphatic heterocycles. The smallest absolute Gasteiger partial charge is 0.265 e. The molecule has 0 aliphatic rings. The maximum atomic E-state index is 12.0. The van der Waals surface area contributed by atoms with Gasteiger partial charge in [-0.15, -0.1) is 0 Å². The molecule has 0 saturated carbocycles. The molecule has 0 spiro atoms. The Balaban J connectivity index is 2.37. The number of nitrogens with one attached hydrogen (secondary N) is 2. The van der Waals surface area contributed by atoms with E-state index < -0.39 is 10.0 Å². The Bertz CT molecular complexity index is 633. The van der Waals surface area contributed by atoms with Crippen molar-refractivity contribution >= 4 is 15.7 Å². The number of pyridine rings is 1. The molecule has 0 aromatic carbocycles. The molecule has 2 N–H and O–H groups in total. The fraction of sp³-hybridized carbons (Fsp3) is 0.200. The number of hydrogen-bond donors (Lipinski definition) is 2. The first-order valence-corrected chi connectivity index (χ1v) is 6.42. The molecule has 2 aromatic rings. The van der Waals surface area contributed by atoms with Crippen LogP contribution < -0.4 is 4.72 Å². The predicted octanol–water partition coefficient (Wildman–Crippen LogP) is 1.22. The van der Waals surface area contributed by atoms with Gasteiger partial charge in [0.25, 0.3) is 10.0 Å². The summed E-state index contributed by atoms with van der Waals surface area (Å²) in [6.45, 7) is 3.44. The van der Waals surface area contributed by atoms with Crippen LogP contribution in [0.4, 0.5) is 5.69 Å². The topological polar surface area (TPSA) is 87.7 Å². The maximum absolute atomic E-state index is 12.0. The first-order valence-electron chi connectivity index (χ1n) is 4.94. The van der Waals surface area contributed by atoms with Gasteiger partial charge in [-0.1, -0.05) is 0 Å². The van der Waals surface area contributed by atoms with Crippen LogP contribution in [-0.2, 0) is 10.0 Å². The molecular weight excluding hydrogens is 240 g/mol. The van der Waals surface area contributed by atoms with E-state index in [0.29, 0.717) is 11.4 Å². The molecule has 17 heavy (non-hydrogen) atoms. The van der Waals surface area contributed by atoms with Crippen LogP contribution in [0.15, 0.2) is 29.6 Å². The summed E-state index contributed by atoms with van der Waals surface area (Å²) >= 11 is 0. The number of hydrogen-bond acceptors (Lipinski definition) is 4. The zero-order valence-electron chi connectivity index (χ0n) is 9.43. The molecule has 0 unspecified atom stereocenters. The van der Waals surface area contributed by atoms with E-state index in [1.807, 2.05) is 0 Å². The van der Waals surface area contributed by atoms with Crippen molar-refractivity contribution in [3.05, 3.63) is 35.9 Å². The van der Waals surface area contributed by atoms with Crippen LogP contribution in [0.3, 0.4) is 0 Å². The fourth-order valence-corrected chi connectivity index (χ4v) is 2.67. The van der Waals surface area contributed by atoms with Crippen molar-refractivity contribution in [3.63, 3.8) is 0 Å². The summed E-state index contributed by atoms with van der Waals surface area (Å²) in [6, 6.07) is 1.61. The number of aryl methyl sites for hydroxylation is 2. The van der Waals surface area contributed by atoms with Crippen LogP contribution in [0.5, 0.6) is 0 Å². The summed E-state index contributed by atoms with van der Waals surface area (Å²) in [5, 5.41) is 6.29. The van der Waals surface area contributed by atoms with Crippen molar-refractivity contribution in [1.82, 2.24) is 15.2 Å². The highest BCUT2D eigenvalue weighted by atomic mass is 32.2. The van der Waals surface area contributed by atoms with Gasteiger partial charge in [0, 0.05) is 12.4 Å². The monoisotopic (exact) mass is 252 g/mol. The van der Waals surface area contributed by atoms with Gasteiger partial charge in [-0.3, -0.25) is 14.8 Å². The second kappa shape index (κ2) is 4.17. The molecule has 2 rings (SSSR count). The fourth-order valence-electron chi connectivity index (χ4n) is 1.40. The normalized spacial score (nSPS) is 11.4. The van der Waals surface area contributed by atoms with E-state index in [-0.39, 0.29) is 4.90 Å². The number of aromatic nitrogens is 3. The zero-order valence-corrected chi connectivity index (χ0v) is 10.2. The third kappa shape index (κ3) is 2.28. The minimum atomic E-state index is -3.59. The highest BCUT2D eigenvalue weighted by Crippen LogP contribution is 2.19. The zero-order chi connectivity index (χ0) is 12.5. The Kier molecular flexibility index (Phi) is 2.84. The number of nitrogens with zero attached hydrogens (tertiary/aromatic N) is 2. The number of anilines is 1. The standard InChI is InChI=1S/C10H12N4O2S/c1-7-5-11-4-3-9(7)14-17(15,16)10-6-12-13-8(10)2/h3-6H,1-2H3,(H,11,14)(H,12,13). The Morgan fingerprint density at radius 1 is 1.29 bits per heavy atom. The quantitative estimate of drug-likeness (QED) is 0.859. The molecule has 0 fully saturated rings. The molecule has 90 valence electrons. The lowest BCUT2D eigenvalue weighted by molar-refractivity contribution is 0.600. The van der Waals surface area contributed by atoms with Crippen molar-refractivity contribution in [2.24, 2.45) is 0 Å². The third-order valence-electron chi connectivity index (χ3n) is 2.34. The Hall–Kier alpha value is -1.89. The van der Waals surface area contributed by atoms with Crippen molar-refractivity contribution in [2.45, 2.75) is 18.7 Å². The molecule has 0 bridgehead atoms. The summed E-state index contributed by atoms with van der Waals surface area (Å²) in [4.78, 5) is 4.05. The largest absolute Gasteiger partial charge is 0.281 e.